The van der Waals surface area contributed by atoms with Crippen molar-refractivity contribution in [1.29, 1.82) is 0 Å². The van der Waals surface area contributed by atoms with Crippen LogP contribution in [0.25, 0.3) is 0 Å². The molecule has 1 heterocycles. The molecule has 5 heteroatoms. The van der Waals surface area contributed by atoms with Crippen LogP contribution in [0.2, 0.25) is 0 Å². The van der Waals surface area contributed by atoms with Gasteiger partial charge in [0.25, 0.3) is 5.69 Å². The Hall–Kier alpha value is -1.65. The third kappa shape index (κ3) is 2.29. The molecule has 0 bridgehead atoms. The molecule has 0 aliphatic heterocycles. The summed E-state index contributed by atoms with van der Waals surface area (Å²) in [5, 5.41) is 13.9. The van der Waals surface area contributed by atoms with Gasteiger partial charge in [0.05, 0.1) is 11.0 Å². The fourth-order valence-electron chi connectivity index (χ4n) is 1.84. The van der Waals surface area contributed by atoms with Crippen molar-refractivity contribution in [1.82, 2.24) is 4.98 Å². The van der Waals surface area contributed by atoms with E-state index in [0.29, 0.717) is 11.7 Å². The van der Waals surface area contributed by atoms with E-state index in [1.165, 1.54) is 31.2 Å². The van der Waals surface area contributed by atoms with Crippen LogP contribution in [0.1, 0.15) is 26.7 Å². The molecule has 1 fully saturated rings. The average molecular weight is 221 g/mol. The molecule has 1 N–H and O–H groups in total. The fourth-order valence-corrected chi connectivity index (χ4v) is 1.84. The Labute approximate surface area is 94.0 Å². The van der Waals surface area contributed by atoms with Crippen LogP contribution in [0.5, 0.6) is 0 Å². The summed E-state index contributed by atoms with van der Waals surface area (Å²) in [5.74, 6) is 1.22. The number of nitrogens with one attached hydrogen (secondary N) is 1. The van der Waals surface area contributed by atoms with Gasteiger partial charge in [-0.25, -0.2) is 4.98 Å². The highest BCUT2D eigenvalue weighted by molar-refractivity contribution is 5.46. The van der Waals surface area contributed by atoms with Crippen LogP contribution >= 0.6 is 0 Å². The number of rotatable bonds is 4. The minimum atomic E-state index is -0.406. The minimum absolute atomic E-state index is 0.0395. The van der Waals surface area contributed by atoms with Crippen LogP contribution in [0.4, 0.5) is 11.5 Å². The van der Waals surface area contributed by atoms with Crippen molar-refractivity contribution in [3.8, 4) is 0 Å². The zero-order chi connectivity index (χ0) is 11.8. The summed E-state index contributed by atoms with van der Waals surface area (Å²) in [6.45, 7) is 4.20. The Balaban J connectivity index is 2.14. The van der Waals surface area contributed by atoms with Gasteiger partial charge in [-0.2, -0.15) is 0 Å². The number of nitrogens with zero attached hydrogens (tertiary/aromatic N) is 2. The maximum atomic E-state index is 10.6. The Kier molecular flexibility index (Phi) is 2.53. The molecule has 0 unspecified atom stereocenters. The van der Waals surface area contributed by atoms with E-state index in [-0.39, 0.29) is 11.2 Å². The van der Waals surface area contributed by atoms with Gasteiger partial charge in [0.2, 0.25) is 0 Å². The molecule has 1 saturated carbocycles. The standard InChI is InChI=1S/C11H15N3O2/c1-11(2,8-3-4-8)13-10-7-9(14(15)16)5-6-12-10/h5-8H,3-4H2,1-2H3,(H,12,13). The molecule has 1 aliphatic carbocycles. The molecule has 1 aromatic heterocycles. The Bertz CT molecular complexity index is 413. The molecule has 0 atom stereocenters. The topological polar surface area (TPSA) is 68.1 Å². The number of pyridine rings is 1. The second-order valence-electron chi connectivity index (χ2n) is 4.78. The first-order valence-electron chi connectivity index (χ1n) is 5.38. The summed E-state index contributed by atoms with van der Waals surface area (Å²) in [5.41, 5.74) is 0.0338. The van der Waals surface area contributed by atoms with Crippen LogP contribution in [0.15, 0.2) is 18.3 Å². The highest BCUT2D eigenvalue weighted by Crippen LogP contribution is 2.40. The van der Waals surface area contributed by atoms with Gasteiger partial charge in [-0.05, 0) is 32.6 Å². The van der Waals surface area contributed by atoms with Crippen LogP contribution in [-0.4, -0.2) is 15.4 Å². The maximum absolute atomic E-state index is 10.6. The predicted octanol–water partition coefficient (Wildman–Crippen LogP) is 2.59. The van der Waals surface area contributed by atoms with E-state index < -0.39 is 4.92 Å². The quantitative estimate of drug-likeness (QED) is 0.626. The second kappa shape index (κ2) is 3.73. The summed E-state index contributed by atoms with van der Waals surface area (Å²) in [7, 11) is 0. The normalized spacial score (nSPS) is 15.9. The highest BCUT2D eigenvalue weighted by Gasteiger charge is 2.37. The number of nitro groups is 1. The molecular weight excluding hydrogens is 206 g/mol. The third-order valence-electron chi connectivity index (χ3n) is 3.00. The van der Waals surface area contributed by atoms with Gasteiger partial charge in [-0.1, -0.05) is 0 Å². The van der Waals surface area contributed by atoms with Crippen LogP contribution in [0, 0.1) is 16.0 Å². The van der Waals surface area contributed by atoms with Crippen molar-refractivity contribution < 1.29 is 4.92 Å². The average Bonchev–Trinajstić information content (AvgIpc) is 3.00. The summed E-state index contributed by atoms with van der Waals surface area (Å²) < 4.78 is 0. The fraction of sp³-hybridized carbons (Fsp3) is 0.545. The van der Waals surface area contributed by atoms with E-state index in [1.54, 1.807) is 0 Å². The molecule has 0 aromatic carbocycles. The monoisotopic (exact) mass is 221 g/mol. The van der Waals surface area contributed by atoms with Gasteiger partial charge >= 0.3 is 0 Å². The lowest BCUT2D eigenvalue weighted by molar-refractivity contribution is -0.384. The maximum Gasteiger partial charge on any atom is 0.274 e. The van der Waals surface area contributed by atoms with Gasteiger partial charge in [0, 0.05) is 17.8 Å². The first kappa shape index (κ1) is 10.9. The van der Waals surface area contributed by atoms with Gasteiger partial charge < -0.3 is 5.32 Å². The number of hydrogen-bond donors (Lipinski definition) is 1. The number of aromatic nitrogens is 1. The lowest BCUT2D eigenvalue weighted by Crippen LogP contribution is -2.33. The van der Waals surface area contributed by atoms with Crippen LogP contribution in [0.3, 0.4) is 0 Å². The third-order valence-corrected chi connectivity index (χ3v) is 3.00. The molecule has 1 aliphatic rings. The van der Waals surface area contributed by atoms with Gasteiger partial charge in [-0.3, -0.25) is 10.1 Å². The first-order valence-corrected chi connectivity index (χ1v) is 5.38. The molecule has 5 nitrogen and oxygen atoms in total. The molecule has 0 saturated heterocycles. The van der Waals surface area contributed by atoms with Crippen molar-refractivity contribution >= 4 is 11.5 Å². The highest BCUT2D eigenvalue weighted by atomic mass is 16.6. The molecule has 1 aromatic rings. The van der Waals surface area contributed by atoms with Crippen molar-refractivity contribution in [2.75, 3.05) is 5.32 Å². The number of anilines is 1. The Morgan fingerprint density at radius 1 is 1.56 bits per heavy atom. The zero-order valence-electron chi connectivity index (χ0n) is 9.43. The van der Waals surface area contributed by atoms with Crippen molar-refractivity contribution in [2.45, 2.75) is 32.2 Å². The smallest absolute Gasteiger partial charge is 0.274 e. The number of hydrogen-bond acceptors (Lipinski definition) is 4. The van der Waals surface area contributed by atoms with E-state index in [0.717, 1.165) is 0 Å². The summed E-state index contributed by atoms with van der Waals surface area (Å²) in [6.07, 6.45) is 3.90. The lowest BCUT2D eigenvalue weighted by Gasteiger charge is -2.26. The zero-order valence-corrected chi connectivity index (χ0v) is 9.43. The summed E-state index contributed by atoms with van der Waals surface area (Å²) >= 11 is 0. The SMILES string of the molecule is CC(C)(Nc1cc([N+](=O)[O-])ccn1)C1CC1. The van der Waals surface area contributed by atoms with Crippen LogP contribution < -0.4 is 5.32 Å². The molecular formula is C11H15N3O2. The van der Waals surface area contributed by atoms with E-state index in [1.807, 2.05) is 0 Å². The molecule has 0 radical (unpaired) electrons. The second-order valence-corrected chi connectivity index (χ2v) is 4.78. The lowest BCUT2D eigenvalue weighted by atomic mass is 9.99. The van der Waals surface area contributed by atoms with Crippen molar-refractivity contribution in [3.63, 3.8) is 0 Å². The van der Waals surface area contributed by atoms with E-state index in [4.69, 9.17) is 0 Å². The van der Waals surface area contributed by atoms with Gasteiger partial charge in [-0.15, -0.1) is 0 Å². The predicted molar refractivity (Wildman–Crippen MR) is 61.3 cm³/mol. The summed E-state index contributed by atoms with van der Waals surface area (Å²) in [6, 6.07) is 2.87. The molecule has 86 valence electrons. The van der Waals surface area contributed by atoms with Crippen molar-refractivity contribution in [2.24, 2.45) is 5.92 Å². The summed E-state index contributed by atoms with van der Waals surface area (Å²) in [4.78, 5) is 14.3. The van der Waals surface area contributed by atoms with E-state index in [2.05, 4.69) is 24.1 Å². The molecule has 0 spiro atoms. The van der Waals surface area contributed by atoms with Crippen molar-refractivity contribution in [3.05, 3.63) is 28.4 Å². The Morgan fingerprint density at radius 2 is 2.25 bits per heavy atom. The van der Waals surface area contributed by atoms with E-state index in [9.17, 15) is 10.1 Å². The minimum Gasteiger partial charge on any atom is -0.365 e. The van der Waals surface area contributed by atoms with Gasteiger partial charge in [0.1, 0.15) is 5.82 Å². The Morgan fingerprint density at radius 3 is 2.81 bits per heavy atom. The first-order chi connectivity index (χ1) is 7.49. The van der Waals surface area contributed by atoms with Crippen LogP contribution in [-0.2, 0) is 0 Å². The van der Waals surface area contributed by atoms with E-state index >= 15 is 0 Å². The van der Waals surface area contributed by atoms with Gasteiger partial charge in [0.15, 0.2) is 0 Å². The largest absolute Gasteiger partial charge is 0.365 e. The molecule has 0 amide bonds. The molecule has 16 heavy (non-hydrogen) atoms. The molecule has 2 rings (SSSR count).